The van der Waals surface area contributed by atoms with Gasteiger partial charge < -0.3 is 22.1 Å². The quantitative estimate of drug-likeness (QED) is 0.0753. The van der Waals surface area contributed by atoms with Crippen LogP contribution in [0.1, 0.15) is 125 Å². The molecule has 0 unspecified atom stereocenters. The second-order valence-corrected chi connectivity index (χ2v) is 16.9. The zero-order valence-corrected chi connectivity index (χ0v) is 30.5. The van der Waals surface area contributed by atoms with Gasteiger partial charge in [0.15, 0.2) is 0 Å². The predicted octanol–water partition coefficient (Wildman–Crippen LogP) is 7.91. The van der Waals surface area contributed by atoms with Crippen molar-refractivity contribution in [3.8, 4) is 0 Å². The first kappa shape index (κ1) is 36.8. The Bertz CT molecular complexity index is 1020. The van der Waals surface area contributed by atoms with Crippen LogP contribution >= 0.6 is 0 Å². The average molecular weight is 624 g/mol. The second-order valence-electron chi connectivity index (χ2n) is 16.9. The fraction of sp³-hybridized carbons (Fsp3) is 0.875. The van der Waals surface area contributed by atoms with Crippen LogP contribution < -0.4 is 22.1 Å². The highest BCUT2D eigenvalue weighted by Gasteiger charge is 2.66. The molecule has 0 amide bonds. The number of rotatable bonds is 17. The van der Waals surface area contributed by atoms with Gasteiger partial charge in [-0.15, -0.1) is 0 Å². The number of nitrogens with zero attached hydrogens (tertiary/aromatic N) is 1. The summed E-state index contributed by atoms with van der Waals surface area (Å²) in [6, 6.07) is 0. The molecule has 5 heteroatoms. The molecule has 5 nitrogen and oxygen atoms in total. The third-order valence-electron chi connectivity index (χ3n) is 14.3. The van der Waals surface area contributed by atoms with Crippen LogP contribution in [0.5, 0.6) is 0 Å². The molecule has 45 heavy (non-hydrogen) atoms. The number of hydrogen-bond acceptors (Lipinski definition) is 5. The number of fused-ring (bicyclic) bond motifs is 5. The monoisotopic (exact) mass is 624 g/mol. The summed E-state index contributed by atoms with van der Waals surface area (Å²) in [6.45, 7) is 26.8. The van der Waals surface area contributed by atoms with E-state index in [1.807, 2.05) is 5.57 Å². The summed E-state index contributed by atoms with van der Waals surface area (Å²) >= 11 is 0. The fourth-order valence-corrected chi connectivity index (χ4v) is 11.3. The van der Waals surface area contributed by atoms with E-state index in [4.69, 9.17) is 16.5 Å². The summed E-state index contributed by atoms with van der Waals surface area (Å²) in [4.78, 5) is 5.22. The summed E-state index contributed by atoms with van der Waals surface area (Å²) in [5.74, 6) is 3.42. The van der Waals surface area contributed by atoms with Gasteiger partial charge in [0.05, 0.1) is 0 Å². The number of allylic oxidation sites excluding steroid dienone is 3. The topological polar surface area (TPSA) is 88.5 Å². The molecular weight excluding hydrogens is 550 g/mol. The Labute approximate surface area is 278 Å². The Kier molecular flexibility index (Phi) is 13.0. The Morgan fingerprint density at radius 2 is 1.58 bits per heavy atom. The fourth-order valence-electron chi connectivity index (χ4n) is 11.3. The third kappa shape index (κ3) is 7.37. The van der Waals surface area contributed by atoms with E-state index in [1.165, 1.54) is 69.8 Å². The maximum Gasteiger partial charge on any atom is 0.0397 e. The van der Waals surface area contributed by atoms with Crippen LogP contribution in [0.4, 0.5) is 0 Å². The van der Waals surface area contributed by atoms with E-state index in [-0.39, 0.29) is 16.2 Å². The molecule has 3 saturated carbocycles. The van der Waals surface area contributed by atoms with E-state index in [1.54, 1.807) is 0 Å². The number of nitrogens with two attached hydrogens (primary N) is 2. The van der Waals surface area contributed by atoms with Crippen molar-refractivity contribution in [1.29, 1.82) is 0 Å². The minimum Gasteiger partial charge on any atom is -0.330 e. The molecule has 6 N–H and O–H groups in total. The smallest absolute Gasteiger partial charge is 0.0397 e. The summed E-state index contributed by atoms with van der Waals surface area (Å²) in [7, 11) is 0. The highest BCUT2D eigenvalue weighted by atomic mass is 14.9. The zero-order valence-electron chi connectivity index (χ0n) is 30.5. The molecule has 4 aliphatic rings. The van der Waals surface area contributed by atoms with Gasteiger partial charge in [-0.2, -0.15) is 0 Å². The van der Waals surface area contributed by atoms with Crippen LogP contribution in [0.3, 0.4) is 0 Å². The summed E-state index contributed by atoms with van der Waals surface area (Å²) in [5, 5.41) is 7.13. The van der Waals surface area contributed by atoms with Gasteiger partial charge >= 0.3 is 0 Å². The summed E-state index contributed by atoms with van der Waals surface area (Å²) < 4.78 is 0. The van der Waals surface area contributed by atoms with Crippen molar-refractivity contribution >= 4 is 6.21 Å². The lowest BCUT2D eigenvalue weighted by Crippen LogP contribution is -2.62. The average Bonchev–Trinajstić information content (AvgIpc) is 3.01. The molecule has 0 radical (unpaired) electrons. The van der Waals surface area contributed by atoms with Crippen molar-refractivity contribution in [1.82, 2.24) is 10.6 Å². The largest absolute Gasteiger partial charge is 0.330 e. The van der Waals surface area contributed by atoms with E-state index in [2.05, 4.69) is 71.0 Å². The van der Waals surface area contributed by atoms with Crippen molar-refractivity contribution < 1.29 is 0 Å². The van der Waals surface area contributed by atoms with E-state index >= 15 is 0 Å². The normalized spacial score (nSPS) is 39.6. The minimum atomic E-state index is 0.239. The lowest BCUT2D eigenvalue weighted by molar-refractivity contribution is -0.137. The Balaban J connectivity index is 1.45. The lowest BCUT2D eigenvalue weighted by Gasteiger charge is -2.69. The SMILES string of the molecule is C=C(C)[C@@H]1CC[C@]2(C)[C@H](CC=C3[C@@H]4[C@@H](C)[C@H](C)CC[C@]4(C=NCCCNCCCCNCCCN)CC[C@]32C)[C@@]1(C)CCCN. The molecule has 9 atom stereocenters. The Morgan fingerprint density at radius 1 is 0.911 bits per heavy atom. The third-order valence-corrected chi connectivity index (χ3v) is 14.3. The van der Waals surface area contributed by atoms with Crippen LogP contribution in [0.2, 0.25) is 0 Å². The number of hydrogen-bond donors (Lipinski definition) is 4. The molecule has 4 rings (SSSR count). The molecule has 0 spiro atoms. The molecule has 258 valence electrons. The van der Waals surface area contributed by atoms with Crippen molar-refractivity contribution in [2.75, 3.05) is 45.8 Å². The molecule has 0 aromatic heterocycles. The molecule has 0 heterocycles. The summed E-state index contributed by atoms with van der Waals surface area (Å²) in [6.07, 6.45) is 21.4. The maximum atomic E-state index is 6.13. The van der Waals surface area contributed by atoms with Gasteiger partial charge in [-0.05, 0) is 175 Å². The highest BCUT2D eigenvalue weighted by Crippen LogP contribution is 2.74. The van der Waals surface area contributed by atoms with Crippen LogP contribution in [-0.4, -0.2) is 52.0 Å². The Hall–Kier alpha value is -1.01. The van der Waals surface area contributed by atoms with Crippen molar-refractivity contribution in [3.05, 3.63) is 23.8 Å². The number of unbranched alkanes of at least 4 members (excludes halogenated alkanes) is 1. The van der Waals surface area contributed by atoms with Gasteiger partial charge in [0.1, 0.15) is 0 Å². The first-order valence-corrected chi connectivity index (χ1v) is 19.2. The molecule has 0 bridgehead atoms. The number of aliphatic imine (C=N–C) groups is 1. The van der Waals surface area contributed by atoms with Crippen LogP contribution in [0.15, 0.2) is 28.8 Å². The van der Waals surface area contributed by atoms with Crippen LogP contribution in [-0.2, 0) is 0 Å². The van der Waals surface area contributed by atoms with Crippen LogP contribution in [0.25, 0.3) is 0 Å². The van der Waals surface area contributed by atoms with E-state index in [9.17, 15) is 0 Å². The first-order valence-electron chi connectivity index (χ1n) is 19.2. The number of nitrogens with one attached hydrogen (secondary N) is 2. The molecule has 4 aliphatic carbocycles. The standard InChI is InChI=1S/C40H73N5/c1-30(2)33-16-18-39(7)35(37(33,5)17-10-22-41)14-13-34-36-32(4)31(3)15-19-40(36,21-20-38(34,39)6)29-45-28-12-27-44-25-9-8-24-43-26-11-23-42/h13,29,31-33,35-36,43-44H,1,8-12,14-28,41-42H2,2-7H3/t31-,32+,33+,35-,36+,37+,38-,39-,40-/m1/s1. The lowest BCUT2D eigenvalue weighted by atomic mass is 9.35. The molecule has 0 aliphatic heterocycles. The van der Waals surface area contributed by atoms with Crippen molar-refractivity contribution in [3.63, 3.8) is 0 Å². The van der Waals surface area contributed by atoms with Gasteiger partial charge in [0, 0.05) is 18.2 Å². The molecule has 0 aromatic rings. The van der Waals surface area contributed by atoms with Gasteiger partial charge in [-0.1, -0.05) is 58.4 Å². The van der Waals surface area contributed by atoms with Gasteiger partial charge in [0.25, 0.3) is 0 Å². The van der Waals surface area contributed by atoms with Crippen molar-refractivity contribution in [2.24, 2.45) is 67.7 Å². The minimum absolute atomic E-state index is 0.239. The maximum absolute atomic E-state index is 6.13. The van der Waals surface area contributed by atoms with E-state index in [0.717, 1.165) is 71.0 Å². The van der Waals surface area contributed by atoms with Gasteiger partial charge in [0.2, 0.25) is 0 Å². The molecule has 3 fully saturated rings. The van der Waals surface area contributed by atoms with Gasteiger partial charge in [-0.3, -0.25) is 4.99 Å². The first-order chi connectivity index (χ1) is 21.5. The second kappa shape index (κ2) is 15.9. The molecule has 0 saturated heterocycles. The molecular formula is C40H73N5. The highest BCUT2D eigenvalue weighted by molar-refractivity contribution is 5.68. The van der Waals surface area contributed by atoms with Crippen molar-refractivity contribution in [2.45, 2.75) is 125 Å². The van der Waals surface area contributed by atoms with E-state index < -0.39 is 0 Å². The summed E-state index contributed by atoms with van der Waals surface area (Å²) in [5.41, 5.74) is 16.0. The Morgan fingerprint density at radius 3 is 2.24 bits per heavy atom. The zero-order chi connectivity index (χ0) is 32.7. The molecule has 0 aromatic carbocycles. The predicted molar refractivity (Wildman–Crippen MR) is 196 cm³/mol. The van der Waals surface area contributed by atoms with Crippen LogP contribution in [0, 0.1) is 51.2 Å². The van der Waals surface area contributed by atoms with E-state index in [0.29, 0.717) is 29.1 Å². The van der Waals surface area contributed by atoms with Gasteiger partial charge in [-0.25, -0.2) is 0 Å².